The van der Waals surface area contributed by atoms with E-state index in [1.54, 1.807) is 31.4 Å². The highest BCUT2D eigenvalue weighted by Gasteiger charge is 2.04. The molecule has 21 heavy (non-hydrogen) atoms. The third-order valence-corrected chi connectivity index (χ3v) is 3.11. The molecule has 0 amide bonds. The molecule has 0 unspecified atom stereocenters. The number of methoxy groups -OCH3 is 1. The third kappa shape index (κ3) is 4.36. The number of hydrogen-bond donors (Lipinski definition) is 0. The molecule has 0 fully saturated rings. The SMILES string of the molecule is COc1ccc(/C=C/C(=O)Oc2ccc(Cl)cc2C)cc1. The van der Waals surface area contributed by atoms with Crippen molar-refractivity contribution in [3.8, 4) is 11.5 Å². The second-order valence-corrected chi connectivity index (χ2v) is 4.87. The van der Waals surface area contributed by atoms with Crippen LogP contribution in [0.1, 0.15) is 11.1 Å². The van der Waals surface area contributed by atoms with E-state index in [-0.39, 0.29) is 0 Å². The van der Waals surface area contributed by atoms with Crippen LogP contribution in [-0.2, 0) is 4.79 Å². The maximum Gasteiger partial charge on any atom is 0.336 e. The molecule has 0 aliphatic carbocycles. The lowest BCUT2D eigenvalue weighted by Crippen LogP contribution is -2.04. The summed E-state index contributed by atoms with van der Waals surface area (Å²) in [7, 11) is 1.61. The van der Waals surface area contributed by atoms with Crippen molar-refractivity contribution >= 4 is 23.6 Å². The van der Waals surface area contributed by atoms with Gasteiger partial charge in [-0.15, -0.1) is 0 Å². The Morgan fingerprint density at radius 3 is 2.48 bits per heavy atom. The van der Waals surface area contributed by atoms with E-state index in [1.165, 1.54) is 6.08 Å². The molecule has 0 spiro atoms. The monoisotopic (exact) mass is 302 g/mol. The van der Waals surface area contributed by atoms with E-state index in [2.05, 4.69) is 0 Å². The molecular weight excluding hydrogens is 288 g/mol. The van der Waals surface area contributed by atoms with Gasteiger partial charge in [0, 0.05) is 11.1 Å². The van der Waals surface area contributed by atoms with Crippen molar-refractivity contribution in [2.75, 3.05) is 7.11 Å². The summed E-state index contributed by atoms with van der Waals surface area (Å²) in [6.45, 7) is 1.84. The zero-order valence-corrected chi connectivity index (χ0v) is 12.6. The summed E-state index contributed by atoms with van der Waals surface area (Å²) in [4.78, 5) is 11.8. The van der Waals surface area contributed by atoms with Crippen LogP contribution in [0.3, 0.4) is 0 Å². The first kappa shape index (κ1) is 15.1. The van der Waals surface area contributed by atoms with Crippen LogP contribution < -0.4 is 9.47 Å². The second-order valence-electron chi connectivity index (χ2n) is 4.44. The number of aryl methyl sites for hydroxylation is 1. The van der Waals surface area contributed by atoms with E-state index in [0.717, 1.165) is 16.9 Å². The summed E-state index contributed by atoms with van der Waals surface area (Å²) in [5.41, 5.74) is 1.70. The molecule has 0 saturated heterocycles. The van der Waals surface area contributed by atoms with Crippen molar-refractivity contribution in [2.45, 2.75) is 6.92 Å². The summed E-state index contributed by atoms with van der Waals surface area (Å²) in [5, 5.41) is 0.612. The molecule has 2 aromatic rings. The lowest BCUT2D eigenvalue weighted by atomic mass is 10.2. The highest BCUT2D eigenvalue weighted by Crippen LogP contribution is 2.22. The highest BCUT2D eigenvalue weighted by atomic mass is 35.5. The first-order chi connectivity index (χ1) is 10.1. The average Bonchev–Trinajstić information content (AvgIpc) is 2.48. The Kier molecular flexibility index (Phi) is 5.01. The van der Waals surface area contributed by atoms with Crippen molar-refractivity contribution in [1.82, 2.24) is 0 Å². The molecule has 0 radical (unpaired) electrons. The fraction of sp³-hybridized carbons (Fsp3) is 0.118. The molecule has 2 aromatic carbocycles. The lowest BCUT2D eigenvalue weighted by Gasteiger charge is -2.05. The number of esters is 1. The van der Waals surface area contributed by atoms with Gasteiger partial charge in [0.05, 0.1) is 7.11 Å². The van der Waals surface area contributed by atoms with Gasteiger partial charge in [0.1, 0.15) is 11.5 Å². The molecule has 0 aromatic heterocycles. The molecule has 0 atom stereocenters. The van der Waals surface area contributed by atoms with Gasteiger partial charge in [0.2, 0.25) is 0 Å². The van der Waals surface area contributed by atoms with Crippen LogP contribution in [0.25, 0.3) is 6.08 Å². The van der Waals surface area contributed by atoms with E-state index in [1.807, 2.05) is 31.2 Å². The van der Waals surface area contributed by atoms with Gasteiger partial charge in [0.25, 0.3) is 0 Å². The van der Waals surface area contributed by atoms with Gasteiger partial charge in [-0.3, -0.25) is 0 Å². The van der Waals surface area contributed by atoms with E-state index >= 15 is 0 Å². The molecule has 0 aliphatic rings. The topological polar surface area (TPSA) is 35.5 Å². The number of benzene rings is 2. The average molecular weight is 303 g/mol. The summed E-state index contributed by atoms with van der Waals surface area (Å²) in [5.74, 6) is 0.839. The zero-order valence-electron chi connectivity index (χ0n) is 11.8. The normalized spacial score (nSPS) is 10.6. The molecule has 0 saturated carbocycles. The van der Waals surface area contributed by atoms with Crippen LogP contribution >= 0.6 is 11.6 Å². The summed E-state index contributed by atoms with van der Waals surface area (Å²) < 4.78 is 10.3. The maximum absolute atomic E-state index is 11.8. The van der Waals surface area contributed by atoms with Crippen LogP contribution in [0.5, 0.6) is 11.5 Å². The van der Waals surface area contributed by atoms with Crippen molar-refractivity contribution in [3.05, 3.63) is 64.7 Å². The van der Waals surface area contributed by atoms with Gasteiger partial charge in [-0.05, 0) is 54.5 Å². The molecule has 3 nitrogen and oxygen atoms in total. The second kappa shape index (κ2) is 6.95. The van der Waals surface area contributed by atoms with Gasteiger partial charge in [-0.25, -0.2) is 4.79 Å². The van der Waals surface area contributed by atoms with Crippen LogP contribution in [0, 0.1) is 6.92 Å². The minimum atomic E-state index is -0.434. The molecule has 108 valence electrons. The number of carbonyl (C=O) groups is 1. The standard InChI is InChI=1S/C17H15ClO3/c1-12-11-14(18)6-9-16(12)21-17(19)10-5-13-3-7-15(20-2)8-4-13/h3-11H,1-2H3/b10-5+. The van der Waals surface area contributed by atoms with Crippen molar-refractivity contribution in [3.63, 3.8) is 0 Å². The van der Waals surface area contributed by atoms with Crippen LogP contribution in [0.2, 0.25) is 5.02 Å². The van der Waals surface area contributed by atoms with Gasteiger partial charge < -0.3 is 9.47 Å². The lowest BCUT2D eigenvalue weighted by molar-refractivity contribution is -0.128. The molecule has 0 N–H and O–H groups in total. The largest absolute Gasteiger partial charge is 0.497 e. The number of carbonyl (C=O) groups excluding carboxylic acids is 1. The Morgan fingerprint density at radius 1 is 1.14 bits per heavy atom. The molecular formula is C17H15ClO3. The number of halogens is 1. The molecule has 4 heteroatoms. The van der Waals surface area contributed by atoms with Crippen molar-refractivity contribution < 1.29 is 14.3 Å². The molecule has 2 rings (SSSR count). The van der Waals surface area contributed by atoms with Gasteiger partial charge >= 0.3 is 5.97 Å². The summed E-state index contributed by atoms with van der Waals surface area (Å²) in [6, 6.07) is 12.5. The van der Waals surface area contributed by atoms with E-state index in [0.29, 0.717) is 10.8 Å². The first-order valence-corrected chi connectivity index (χ1v) is 6.76. The smallest absolute Gasteiger partial charge is 0.336 e. The van der Waals surface area contributed by atoms with Gasteiger partial charge in [-0.2, -0.15) is 0 Å². The Labute approximate surface area is 128 Å². The third-order valence-electron chi connectivity index (χ3n) is 2.88. The number of hydrogen-bond acceptors (Lipinski definition) is 3. The Morgan fingerprint density at radius 2 is 1.86 bits per heavy atom. The molecule has 0 bridgehead atoms. The van der Waals surface area contributed by atoms with Gasteiger partial charge in [0.15, 0.2) is 0 Å². The Balaban J connectivity index is 2.01. The van der Waals surface area contributed by atoms with Crippen molar-refractivity contribution in [2.24, 2.45) is 0 Å². The summed E-state index contributed by atoms with van der Waals surface area (Å²) in [6.07, 6.45) is 3.07. The first-order valence-electron chi connectivity index (χ1n) is 6.38. The zero-order chi connectivity index (χ0) is 15.2. The number of rotatable bonds is 4. The minimum absolute atomic E-state index is 0.434. The van der Waals surface area contributed by atoms with Crippen LogP contribution in [0.4, 0.5) is 0 Å². The Hall–Kier alpha value is -2.26. The predicted octanol–water partition coefficient (Wildman–Crippen LogP) is 4.28. The van der Waals surface area contributed by atoms with E-state index < -0.39 is 5.97 Å². The fourth-order valence-electron chi connectivity index (χ4n) is 1.75. The minimum Gasteiger partial charge on any atom is -0.497 e. The fourth-order valence-corrected chi connectivity index (χ4v) is 1.98. The number of ether oxygens (including phenoxy) is 2. The van der Waals surface area contributed by atoms with Crippen LogP contribution in [-0.4, -0.2) is 13.1 Å². The Bertz CT molecular complexity index is 660. The summed E-state index contributed by atoms with van der Waals surface area (Å²) >= 11 is 5.85. The van der Waals surface area contributed by atoms with Crippen LogP contribution in [0.15, 0.2) is 48.5 Å². The molecule has 0 heterocycles. The predicted molar refractivity (Wildman–Crippen MR) is 83.9 cm³/mol. The quantitative estimate of drug-likeness (QED) is 0.480. The molecule has 0 aliphatic heterocycles. The highest BCUT2D eigenvalue weighted by molar-refractivity contribution is 6.30. The maximum atomic E-state index is 11.8. The van der Waals surface area contributed by atoms with E-state index in [9.17, 15) is 4.79 Å². The van der Waals surface area contributed by atoms with Gasteiger partial charge in [-0.1, -0.05) is 23.7 Å². The van der Waals surface area contributed by atoms with Crippen molar-refractivity contribution in [1.29, 1.82) is 0 Å². The van der Waals surface area contributed by atoms with E-state index in [4.69, 9.17) is 21.1 Å².